The van der Waals surface area contributed by atoms with E-state index >= 15 is 0 Å². The Hall–Kier alpha value is 0.0869. The lowest BCUT2D eigenvalue weighted by Gasteiger charge is -2.24. The second-order valence-electron chi connectivity index (χ2n) is 5.10. The summed E-state index contributed by atoms with van der Waals surface area (Å²) < 4.78 is 31.0. The van der Waals surface area contributed by atoms with Crippen LogP contribution in [0.25, 0.3) is 0 Å². The van der Waals surface area contributed by atoms with Crippen molar-refractivity contribution in [2.24, 2.45) is 0 Å². The highest BCUT2D eigenvalue weighted by Gasteiger charge is 2.27. The molecule has 0 atom stereocenters. The lowest BCUT2D eigenvalue weighted by Crippen LogP contribution is -2.42. The van der Waals surface area contributed by atoms with Gasteiger partial charge in [-0.25, -0.2) is 0 Å². The Morgan fingerprint density at radius 3 is 2.13 bits per heavy atom. The van der Waals surface area contributed by atoms with Crippen molar-refractivity contribution in [2.75, 3.05) is 0 Å². The predicted octanol–water partition coefficient (Wildman–Crippen LogP) is 2.00. The van der Waals surface area contributed by atoms with Gasteiger partial charge in [-0.3, -0.25) is 0 Å². The fraction of sp³-hybridized carbons (Fsp3) is 1.00. The maximum absolute atomic E-state index is 11.6. The summed E-state index contributed by atoms with van der Waals surface area (Å²) in [7, 11) is -5.55. The Labute approximate surface area is 93.8 Å². The molecule has 1 fully saturated rings. The molecular weight excluding hydrogens is 230 g/mol. The summed E-state index contributed by atoms with van der Waals surface area (Å²) in [5, 5.41) is 0. The molecule has 1 saturated carbocycles. The van der Waals surface area contributed by atoms with E-state index in [1.165, 1.54) is 6.42 Å². The van der Waals surface area contributed by atoms with E-state index in [2.05, 4.69) is 4.72 Å². The molecule has 0 aliphatic heterocycles. The van der Waals surface area contributed by atoms with Crippen molar-refractivity contribution in [1.82, 2.24) is 4.72 Å². The zero-order valence-corrected chi connectivity index (χ0v) is 11.6. The summed E-state index contributed by atoms with van der Waals surface area (Å²) in [6.45, 7) is 5.60. The quantitative estimate of drug-likeness (QED) is 0.778. The maximum Gasteiger partial charge on any atom is 0.326 e. The summed E-state index contributed by atoms with van der Waals surface area (Å²) >= 11 is 0. The average molecular weight is 251 g/mol. The van der Waals surface area contributed by atoms with Crippen LogP contribution in [0.2, 0.25) is 19.6 Å². The Balaban J connectivity index is 2.48. The van der Waals surface area contributed by atoms with Crippen LogP contribution in [0.4, 0.5) is 0 Å². The van der Waals surface area contributed by atoms with E-state index in [0.29, 0.717) is 0 Å². The van der Waals surface area contributed by atoms with Crippen molar-refractivity contribution >= 4 is 18.6 Å². The van der Waals surface area contributed by atoms with Gasteiger partial charge < -0.3 is 3.87 Å². The van der Waals surface area contributed by atoms with Crippen LogP contribution in [-0.4, -0.2) is 22.8 Å². The molecule has 4 nitrogen and oxygen atoms in total. The minimum Gasteiger partial charge on any atom is -0.304 e. The van der Waals surface area contributed by atoms with Gasteiger partial charge in [0.2, 0.25) is 8.32 Å². The molecule has 6 heteroatoms. The van der Waals surface area contributed by atoms with E-state index in [0.717, 1.165) is 25.7 Å². The van der Waals surface area contributed by atoms with Gasteiger partial charge in [0.1, 0.15) is 0 Å². The number of hydrogen-bond acceptors (Lipinski definition) is 3. The number of nitrogens with one attached hydrogen (secondary N) is 1. The molecule has 0 saturated heterocycles. The Bertz CT molecular complexity index is 291. The third-order valence-electron chi connectivity index (χ3n) is 2.28. The van der Waals surface area contributed by atoms with Crippen LogP contribution in [0.3, 0.4) is 0 Å². The molecule has 1 rings (SSSR count). The molecule has 15 heavy (non-hydrogen) atoms. The first-order valence-electron chi connectivity index (χ1n) is 5.51. The van der Waals surface area contributed by atoms with Crippen LogP contribution < -0.4 is 4.72 Å². The maximum atomic E-state index is 11.6. The van der Waals surface area contributed by atoms with Crippen LogP contribution in [0.5, 0.6) is 0 Å². The molecule has 0 aromatic heterocycles. The van der Waals surface area contributed by atoms with Gasteiger partial charge in [-0.2, -0.15) is 13.1 Å². The first-order valence-corrected chi connectivity index (χ1v) is 10.3. The van der Waals surface area contributed by atoms with E-state index in [-0.39, 0.29) is 6.04 Å². The summed E-state index contributed by atoms with van der Waals surface area (Å²) in [5.41, 5.74) is 0. The summed E-state index contributed by atoms with van der Waals surface area (Å²) in [4.78, 5) is 0. The SMILES string of the molecule is C[Si](C)(C)OS(=O)(=O)NC1CCCCC1. The highest BCUT2D eigenvalue weighted by Crippen LogP contribution is 2.19. The molecule has 0 spiro atoms. The van der Waals surface area contributed by atoms with Crippen LogP contribution in [0.15, 0.2) is 0 Å². The van der Waals surface area contributed by atoms with Crippen molar-refractivity contribution < 1.29 is 12.3 Å². The predicted molar refractivity (Wildman–Crippen MR) is 63.4 cm³/mol. The van der Waals surface area contributed by atoms with E-state index in [1.807, 2.05) is 19.6 Å². The van der Waals surface area contributed by atoms with Crippen molar-refractivity contribution in [2.45, 2.75) is 57.8 Å². The Morgan fingerprint density at radius 2 is 1.67 bits per heavy atom. The van der Waals surface area contributed by atoms with Crippen molar-refractivity contribution in [1.29, 1.82) is 0 Å². The molecule has 1 N–H and O–H groups in total. The summed E-state index contributed by atoms with van der Waals surface area (Å²) in [6, 6.07) is 0.0834. The van der Waals surface area contributed by atoms with Gasteiger partial charge in [-0.05, 0) is 32.5 Å². The standard InChI is InChI=1S/C9H21NO3SSi/c1-15(2,3)13-14(11,12)10-9-7-5-4-6-8-9/h9-10H,4-8H2,1-3H3. The fourth-order valence-electron chi connectivity index (χ4n) is 1.78. The van der Waals surface area contributed by atoms with Crippen molar-refractivity contribution in [3.8, 4) is 0 Å². The highest BCUT2D eigenvalue weighted by molar-refractivity contribution is 7.85. The zero-order chi connectivity index (χ0) is 11.5. The fourth-order valence-corrected chi connectivity index (χ4v) is 5.25. The highest BCUT2D eigenvalue weighted by atomic mass is 32.2. The van der Waals surface area contributed by atoms with E-state index in [1.54, 1.807) is 0 Å². The molecular formula is C9H21NO3SSi. The molecule has 0 aromatic rings. The van der Waals surface area contributed by atoms with Crippen molar-refractivity contribution in [3.63, 3.8) is 0 Å². The second kappa shape index (κ2) is 4.95. The minimum absolute atomic E-state index is 0.0834. The van der Waals surface area contributed by atoms with Gasteiger partial charge in [0.25, 0.3) is 0 Å². The van der Waals surface area contributed by atoms with Gasteiger partial charge in [-0.15, -0.1) is 0 Å². The molecule has 0 unspecified atom stereocenters. The van der Waals surface area contributed by atoms with Gasteiger partial charge >= 0.3 is 10.3 Å². The largest absolute Gasteiger partial charge is 0.326 e. The topological polar surface area (TPSA) is 55.4 Å². The lowest BCUT2D eigenvalue weighted by atomic mass is 9.96. The van der Waals surface area contributed by atoms with Crippen LogP contribution in [0, 0.1) is 0 Å². The number of hydrogen-bond donors (Lipinski definition) is 1. The molecule has 0 radical (unpaired) electrons. The summed E-state index contributed by atoms with van der Waals surface area (Å²) in [5.74, 6) is 0. The third-order valence-corrected chi connectivity index (χ3v) is 5.78. The van der Waals surface area contributed by atoms with Gasteiger partial charge in [0.05, 0.1) is 0 Å². The molecule has 1 aliphatic rings. The molecule has 0 aromatic carbocycles. The monoisotopic (exact) mass is 251 g/mol. The molecule has 0 heterocycles. The normalized spacial score (nSPS) is 20.5. The Morgan fingerprint density at radius 1 is 1.13 bits per heavy atom. The van der Waals surface area contributed by atoms with E-state index in [9.17, 15) is 8.42 Å². The molecule has 0 bridgehead atoms. The van der Waals surface area contributed by atoms with Gasteiger partial charge in [-0.1, -0.05) is 19.3 Å². The van der Waals surface area contributed by atoms with E-state index in [4.69, 9.17) is 3.87 Å². The van der Waals surface area contributed by atoms with Crippen LogP contribution in [0.1, 0.15) is 32.1 Å². The summed E-state index contributed by atoms with van der Waals surface area (Å²) in [6.07, 6.45) is 5.32. The van der Waals surface area contributed by atoms with Gasteiger partial charge in [0.15, 0.2) is 0 Å². The molecule has 1 aliphatic carbocycles. The first-order chi connectivity index (χ1) is 6.79. The molecule has 0 amide bonds. The van der Waals surface area contributed by atoms with Crippen LogP contribution >= 0.6 is 0 Å². The smallest absolute Gasteiger partial charge is 0.304 e. The first kappa shape index (κ1) is 13.2. The minimum atomic E-state index is -3.53. The van der Waals surface area contributed by atoms with Crippen molar-refractivity contribution in [3.05, 3.63) is 0 Å². The third kappa shape index (κ3) is 5.65. The molecule has 90 valence electrons. The Kier molecular flexibility index (Phi) is 4.34. The van der Waals surface area contributed by atoms with Crippen LogP contribution in [-0.2, 0) is 14.2 Å². The number of rotatable bonds is 4. The van der Waals surface area contributed by atoms with Gasteiger partial charge in [0, 0.05) is 6.04 Å². The lowest BCUT2D eigenvalue weighted by molar-refractivity contribution is 0.390. The van der Waals surface area contributed by atoms with E-state index < -0.39 is 18.6 Å². The second-order valence-corrected chi connectivity index (χ2v) is 11.1. The average Bonchev–Trinajstić information content (AvgIpc) is 1.99. The zero-order valence-electron chi connectivity index (χ0n) is 9.75.